The first-order chi connectivity index (χ1) is 6.66. The van der Waals surface area contributed by atoms with Crippen LogP contribution in [-0.4, -0.2) is 38.3 Å². The fraction of sp³-hybridized carbons (Fsp3) is 0.900. The van der Waals surface area contributed by atoms with Gasteiger partial charge in [0.05, 0.1) is 6.61 Å². The number of rotatable bonds is 4. The second-order valence-electron chi connectivity index (χ2n) is 4.10. The molecule has 1 fully saturated rings. The van der Waals surface area contributed by atoms with Crippen molar-refractivity contribution in [1.82, 2.24) is 10.6 Å². The van der Waals surface area contributed by atoms with Crippen molar-refractivity contribution in [2.24, 2.45) is 0 Å². The van der Waals surface area contributed by atoms with E-state index in [-0.39, 0.29) is 11.4 Å². The summed E-state index contributed by atoms with van der Waals surface area (Å²) in [5, 5.41) is 6.35. The minimum Gasteiger partial charge on any atom is -0.384 e. The number of carbonyl (C=O) groups is 1. The van der Waals surface area contributed by atoms with Gasteiger partial charge in [0.25, 0.3) is 0 Å². The molecule has 0 atom stereocenters. The molecule has 1 aliphatic heterocycles. The van der Waals surface area contributed by atoms with E-state index in [2.05, 4.69) is 17.6 Å². The van der Waals surface area contributed by atoms with Crippen molar-refractivity contribution >= 4 is 5.91 Å². The summed E-state index contributed by atoms with van der Waals surface area (Å²) in [6, 6.07) is 0. The molecule has 1 amide bonds. The predicted molar refractivity (Wildman–Crippen MR) is 55.1 cm³/mol. The first-order valence-corrected chi connectivity index (χ1v) is 5.17. The molecule has 1 aliphatic rings. The van der Waals surface area contributed by atoms with Gasteiger partial charge in [-0.2, -0.15) is 0 Å². The number of hydrogen-bond donors (Lipinski definition) is 2. The van der Waals surface area contributed by atoms with Crippen LogP contribution in [0, 0.1) is 0 Å². The Morgan fingerprint density at radius 2 is 2.14 bits per heavy atom. The second kappa shape index (κ2) is 5.32. The average Bonchev–Trinajstić information content (AvgIpc) is 2.15. The molecule has 14 heavy (non-hydrogen) atoms. The molecule has 4 nitrogen and oxygen atoms in total. The van der Waals surface area contributed by atoms with E-state index >= 15 is 0 Å². The van der Waals surface area contributed by atoms with Gasteiger partial charge in [0, 0.05) is 19.1 Å². The van der Waals surface area contributed by atoms with Crippen molar-refractivity contribution in [3.63, 3.8) is 0 Å². The number of piperidine rings is 1. The normalized spacial score (nSPS) is 20.4. The summed E-state index contributed by atoms with van der Waals surface area (Å²) in [6.07, 6.45) is 2.47. The van der Waals surface area contributed by atoms with Crippen LogP contribution >= 0.6 is 0 Å². The van der Waals surface area contributed by atoms with E-state index in [1.807, 2.05) is 0 Å². The van der Waals surface area contributed by atoms with Crippen LogP contribution in [-0.2, 0) is 9.53 Å². The monoisotopic (exact) mass is 200 g/mol. The van der Waals surface area contributed by atoms with E-state index in [0.717, 1.165) is 25.9 Å². The lowest BCUT2D eigenvalue weighted by Crippen LogP contribution is -2.52. The Morgan fingerprint density at radius 1 is 1.50 bits per heavy atom. The van der Waals surface area contributed by atoms with Gasteiger partial charge in [-0.05, 0) is 32.9 Å². The Bertz CT molecular complexity index is 189. The minimum atomic E-state index is -0.0178. The number of carbonyl (C=O) groups excluding carboxylic acids is 1. The summed E-state index contributed by atoms with van der Waals surface area (Å²) in [5.41, 5.74) is -0.0178. The van der Waals surface area contributed by atoms with Crippen LogP contribution in [0.25, 0.3) is 0 Å². The van der Waals surface area contributed by atoms with Gasteiger partial charge < -0.3 is 15.4 Å². The van der Waals surface area contributed by atoms with Crippen LogP contribution in [0.4, 0.5) is 0 Å². The Morgan fingerprint density at radius 3 is 2.71 bits per heavy atom. The summed E-state index contributed by atoms with van der Waals surface area (Å²) in [7, 11) is 1.61. The van der Waals surface area contributed by atoms with Crippen molar-refractivity contribution in [3.05, 3.63) is 0 Å². The van der Waals surface area contributed by atoms with Crippen LogP contribution in [0.1, 0.15) is 26.2 Å². The van der Waals surface area contributed by atoms with E-state index < -0.39 is 0 Å². The molecule has 0 radical (unpaired) electrons. The number of hydrogen-bond acceptors (Lipinski definition) is 3. The highest BCUT2D eigenvalue weighted by atomic mass is 16.5. The van der Waals surface area contributed by atoms with Crippen LogP contribution in [0.5, 0.6) is 0 Å². The van der Waals surface area contributed by atoms with Gasteiger partial charge in [-0.1, -0.05) is 0 Å². The number of nitrogens with one attached hydrogen (secondary N) is 2. The van der Waals surface area contributed by atoms with Crippen molar-refractivity contribution in [3.8, 4) is 0 Å². The van der Waals surface area contributed by atoms with Gasteiger partial charge in [0.1, 0.15) is 0 Å². The van der Waals surface area contributed by atoms with Gasteiger partial charge in [0.2, 0.25) is 5.91 Å². The Labute approximate surface area is 85.4 Å². The van der Waals surface area contributed by atoms with E-state index in [9.17, 15) is 4.79 Å². The zero-order valence-electron chi connectivity index (χ0n) is 9.06. The molecule has 0 unspecified atom stereocenters. The van der Waals surface area contributed by atoms with Crippen LogP contribution in [0.2, 0.25) is 0 Å². The van der Waals surface area contributed by atoms with E-state index in [0.29, 0.717) is 13.0 Å². The first-order valence-electron chi connectivity index (χ1n) is 5.17. The molecular weight excluding hydrogens is 180 g/mol. The number of ether oxygens (including phenoxy) is 1. The highest BCUT2D eigenvalue weighted by Gasteiger charge is 2.27. The second-order valence-corrected chi connectivity index (χ2v) is 4.10. The largest absolute Gasteiger partial charge is 0.384 e. The molecule has 1 rings (SSSR count). The highest BCUT2D eigenvalue weighted by molar-refractivity contribution is 5.76. The average molecular weight is 200 g/mol. The predicted octanol–water partition coefficient (Wildman–Crippen LogP) is 0.281. The highest BCUT2D eigenvalue weighted by Crippen LogP contribution is 2.16. The maximum absolute atomic E-state index is 11.5. The Kier molecular flexibility index (Phi) is 4.35. The van der Waals surface area contributed by atoms with Crippen molar-refractivity contribution in [2.75, 3.05) is 26.8 Å². The van der Waals surface area contributed by atoms with Crippen LogP contribution < -0.4 is 10.6 Å². The fourth-order valence-corrected chi connectivity index (χ4v) is 1.70. The molecule has 4 heteroatoms. The van der Waals surface area contributed by atoms with Gasteiger partial charge in [0.15, 0.2) is 0 Å². The first kappa shape index (κ1) is 11.5. The Balaban J connectivity index is 2.29. The molecule has 0 aliphatic carbocycles. The van der Waals surface area contributed by atoms with Gasteiger partial charge in [-0.15, -0.1) is 0 Å². The van der Waals surface area contributed by atoms with Crippen LogP contribution in [0.15, 0.2) is 0 Å². The number of amides is 1. The maximum Gasteiger partial charge on any atom is 0.222 e. The molecule has 0 aromatic carbocycles. The molecule has 2 N–H and O–H groups in total. The zero-order chi connectivity index (χ0) is 10.4. The molecule has 0 saturated carbocycles. The fourth-order valence-electron chi connectivity index (χ4n) is 1.70. The standard InChI is InChI=1S/C10H20N2O2/c1-10(4-6-11-7-5-10)12-9(13)3-8-14-2/h11H,3-8H2,1-2H3,(H,12,13). The Hall–Kier alpha value is -0.610. The molecule has 0 aromatic heterocycles. The van der Waals surface area contributed by atoms with Crippen LogP contribution in [0.3, 0.4) is 0 Å². The van der Waals surface area contributed by atoms with Gasteiger partial charge in [-0.25, -0.2) is 0 Å². The number of methoxy groups -OCH3 is 1. The van der Waals surface area contributed by atoms with E-state index in [1.165, 1.54) is 0 Å². The summed E-state index contributed by atoms with van der Waals surface area (Å²) in [4.78, 5) is 11.5. The van der Waals surface area contributed by atoms with E-state index in [1.54, 1.807) is 7.11 Å². The molecular formula is C10H20N2O2. The summed E-state index contributed by atoms with van der Waals surface area (Å²) < 4.78 is 4.86. The molecule has 1 saturated heterocycles. The lowest BCUT2D eigenvalue weighted by atomic mass is 9.90. The van der Waals surface area contributed by atoms with Gasteiger partial charge >= 0.3 is 0 Å². The van der Waals surface area contributed by atoms with Crippen molar-refractivity contribution in [2.45, 2.75) is 31.7 Å². The molecule has 0 spiro atoms. The molecule has 82 valence electrons. The summed E-state index contributed by atoms with van der Waals surface area (Å²) in [5.74, 6) is 0.0938. The third-order valence-electron chi connectivity index (χ3n) is 2.68. The zero-order valence-corrected chi connectivity index (χ0v) is 9.06. The topological polar surface area (TPSA) is 50.4 Å². The maximum atomic E-state index is 11.5. The lowest BCUT2D eigenvalue weighted by molar-refractivity contribution is -0.124. The molecule has 0 bridgehead atoms. The SMILES string of the molecule is COCCC(=O)NC1(C)CCNCC1. The lowest BCUT2D eigenvalue weighted by Gasteiger charge is -2.35. The third kappa shape index (κ3) is 3.64. The van der Waals surface area contributed by atoms with Crippen molar-refractivity contribution < 1.29 is 9.53 Å². The third-order valence-corrected chi connectivity index (χ3v) is 2.68. The minimum absolute atomic E-state index is 0.0178. The summed E-state index contributed by atoms with van der Waals surface area (Å²) >= 11 is 0. The van der Waals surface area contributed by atoms with Crippen molar-refractivity contribution in [1.29, 1.82) is 0 Å². The molecule has 0 aromatic rings. The smallest absolute Gasteiger partial charge is 0.222 e. The summed E-state index contributed by atoms with van der Waals surface area (Å²) in [6.45, 7) is 4.58. The quantitative estimate of drug-likeness (QED) is 0.685. The van der Waals surface area contributed by atoms with Gasteiger partial charge in [-0.3, -0.25) is 4.79 Å². The van der Waals surface area contributed by atoms with E-state index in [4.69, 9.17) is 4.74 Å². The molecule has 1 heterocycles.